The maximum atomic E-state index is 12.4. The van der Waals surface area contributed by atoms with Crippen molar-refractivity contribution >= 4 is 44.3 Å². The van der Waals surface area contributed by atoms with Crippen LogP contribution in [0.2, 0.25) is 0 Å². The maximum absolute atomic E-state index is 12.4. The summed E-state index contributed by atoms with van der Waals surface area (Å²) in [6, 6.07) is 2.76. The van der Waals surface area contributed by atoms with Crippen molar-refractivity contribution < 1.29 is 13.6 Å². The van der Waals surface area contributed by atoms with Crippen molar-refractivity contribution in [3.05, 3.63) is 31.3 Å². The summed E-state index contributed by atoms with van der Waals surface area (Å²) >= 11 is 4.89. The first-order valence-electron chi connectivity index (χ1n) is 3.71. The predicted molar refractivity (Wildman–Crippen MR) is 61.8 cm³/mol. The topological polar surface area (TPSA) is 17.1 Å². The second kappa shape index (κ2) is 4.65. The molecule has 1 rings (SSSR count). The highest BCUT2D eigenvalue weighted by Gasteiger charge is 2.15. The van der Waals surface area contributed by atoms with Gasteiger partial charge in [-0.3, -0.25) is 4.79 Å². The zero-order valence-electron chi connectivity index (χ0n) is 7.15. The lowest BCUT2D eigenvalue weighted by molar-refractivity contribution is 0.101. The molecule has 0 unspecified atom stereocenters. The van der Waals surface area contributed by atoms with Gasteiger partial charge in [0.1, 0.15) is 0 Å². The molecule has 0 N–H and O–H groups in total. The van der Waals surface area contributed by atoms with E-state index in [1.165, 1.54) is 19.1 Å². The number of benzene rings is 1. The Morgan fingerprint density at radius 2 is 2.07 bits per heavy atom. The lowest BCUT2D eigenvalue weighted by atomic mass is 10.1. The average molecular weight is 375 g/mol. The van der Waals surface area contributed by atoms with E-state index in [0.717, 1.165) is 0 Å². The second-order valence-corrected chi connectivity index (χ2v) is 4.73. The summed E-state index contributed by atoms with van der Waals surface area (Å²) in [6.07, 6.45) is -2.51. The summed E-state index contributed by atoms with van der Waals surface area (Å²) in [5, 5.41) is 0. The quantitative estimate of drug-likeness (QED) is 0.560. The van der Waals surface area contributed by atoms with E-state index in [9.17, 15) is 13.6 Å². The number of alkyl halides is 2. The highest BCUT2D eigenvalue weighted by Crippen LogP contribution is 2.30. The summed E-state index contributed by atoms with van der Waals surface area (Å²) < 4.78 is 25.7. The number of rotatable bonds is 2. The Labute approximate surface area is 102 Å². The van der Waals surface area contributed by atoms with Gasteiger partial charge in [0.2, 0.25) is 0 Å². The lowest BCUT2D eigenvalue weighted by Crippen LogP contribution is -1.98. The third-order valence-corrected chi connectivity index (χ3v) is 3.29. The molecule has 1 aromatic rings. The number of hydrogen-bond acceptors (Lipinski definition) is 1. The van der Waals surface area contributed by atoms with Crippen molar-refractivity contribution in [1.29, 1.82) is 0 Å². The molecule has 0 bridgehead atoms. The lowest BCUT2D eigenvalue weighted by Gasteiger charge is -2.07. The first-order valence-corrected chi connectivity index (χ1v) is 5.58. The van der Waals surface area contributed by atoms with Gasteiger partial charge in [-0.05, 0) is 41.6 Å². The molecular formula is C9H6BrF2IO. The maximum Gasteiger partial charge on any atom is 0.264 e. The van der Waals surface area contributed by atoms with Gasteiger partial charge in [-0.1, -0.05) is 15.9 Å². The van der Waals surface area contributed by atoms with Crippen molar-refractivity contribution in [2.75, 3.05) is 0 Å². The van der Waals surface area contributed by atoms with E-state index < -0.39 is 6.43 Å². The van der Waals surface area contributed by atoms with Crippen LogP contribution in [-0.2, 0) is 0 Å². The van der Waals surface area contributed by atoms with Crippen LogP contribution in [-0.4, -0.2) is 5.78 Å². The smallest absolute Gasteiger partial charge is 0.264 e. The van der Waals surface area contributed by atoms with Gasteiger partial charge in [-0.25, -0.2) is 8.78 Å². The van der Waals surface area contributed by atoms with Crippen LogP contribution in [0.4, 0.5) is 8.78 Å². The van der Waals surface area contributed by atoms with E-state index in [4.69, 9.17) is 0 Å². The standard InChI is InChI=1S/C9H6BrF2IO/c1-4(14)5-3-8(13)6(9(11)12)2-7(5)10/h2-3,9H,1H3. The Morgan fingerprint density at radius 3 is 2.50 bits per heavy atom. The molecule has 0 atom stereocenters. The summed E-state index contributed by atoms with van der Waals surface area (Å²) in [4.78, 5) is 11.1. The molecule has 1 nitrogen and oxygen atoms in total. The van der Waals surface area contributed by atoms with Crippen LogP contribution in [0.5, 0.6) is 0 Å². The minimum atomic E-state index is -2.51. The first kappa shape index (κ1) is 12.0. The fourth-order valence-electron chi connectivity index (χ4n) is 0.999. The highest BCUT2D eigenvalue weighted by molar-refractivity contribution is 14.1. The highest BCUT2D eigenvalue weighted by atomic mass is 127. The molecule has 1 aromatic carbocycles. The molecule has 0 aliphatic rings. The molecule has 0 radical (unpaired) electrons. The predicted octanol–water partition coefficient (Wildman–Crippen LogP) is 4.19. The Hall–Kier alpha value is -0.0400. The molecule has 0 amide bonds. The van der Waals surface area contributed by atoms with Crippen molar-refractivity contribution in [3.63, 3.8) is 0 Å². The zero-order chi connectivity index (χ0) is 10.9. The second-order valence-electron chi connectivity index (χ2n) is 2.71. The van der Waals surface area contributed by atoms with Crippen LogP contribution in [0.1, 0.15) is 29.3 Å². The van der Waals surface area contributed by atoms with Gasteiger partial charge in [0.15, 0.2) is 5.78 Å². The third kappa shape index (κ3) is 2.50. The molecule has 76 valence electrons. The normalized spacial score (nSPS) is 10.7. The van der Waals surface area contributed by atoms with Crippen LogP contribution in [0, 0.1) is 3.57 Å². The number of carbonyl (C=O) groups excluding carboxylic acids is 1. The van der Waals surface area contributed by atoms with E-state index in [1.54, 1.807) is 22.6 Å². The fourth-order valence-corrected chi connectivity index (χ4v) is 2.34. The van der Waals surface area contributed by atoms with Gasteiger partial charge in [0, 0.05) is 19.2 Å². The Kier molecular flexibility index (Phi) is 4.00. The van der Waals surface area contributed by atoms with Crippen LogP contribution in [0.15, 0.2) is 16.6 Å². The average Bonchev–Trinajstić information content (AvgIpc) is 2.07. The van der Waals surface area contributed by atoms with E-state index >= 15 is 0 Å². The zero-order valence-corrected chi connectivity index (χ0v) is 10.9. The third-order valence-electron chi connectivity index (χ3n) is 1.70. The van der Waals surface area contributed by atoms with Crippen LogP contribution in [0.25, 0.3) is 0 Å². The van der Waals surface area contributed by atoms with Gasteiger partial charge in [0.25, 0.3) is 6.43 Å². The Morgan fingerprint density at radius 1 is 1.50 bits per heavy atom. The molecular weight excluding hydrogens is 369 g/mol. The van der Waals surface area contributed by atoms with Gasteiger partial charge in [-0.2, -0.15) is 0 Å². The number of carbonyl (C=O) groups is 1. The van der Waals surface area contributed by atoms with Crippen molar-refractivity contribution in [1.82, 2.24) is 0 Å². The molecule has 0 aliphatic carbocycles. The van der Waals surface area contributed by atoms with Crippen LogP contribution >= 0.6 is 38.5 Å². The largest absolute Gasteiger partial charge is 0.294 e. The molecule has 0 spiro atoms. The Balaban J connectivity index is 3.31. The van der Waals surface area contributed by atoms with E-state index in [2.05, 4.69) is 15.9 Å². The molecule has 0 saturated heterocycles. The molecule has 14 heavy (non-hydrogen) atoms. The summed E-state index contributed by atoms with van der Waals surface area (Å²) in [5.74, 6) is -0.143. The van der Waals surface area contributed by atoms with Gasteiger partial charge in [0.05, 0.1) is 0 Å². The van der Waals surface area contributed by atoms with Gasteiger partial charge < -0.3 is 0 Å². The van der Waals surface area contributed by atoms with E-state index in [0.29, 0.717) is 13.6 Å². The van der Waals surface area contributed by atoms with Crippen molar-refractivity contribution in [2.24, 2.45) is 0 Å². The number of hydrogen-bond donors (Lipinski definition) is 0. The van der Waals surface area contributed by atoms with E-state index in [-0.39, 0.29) is 11.3 Å². The van der Waals surface area contributed by atoms with Crippen molar-refractivity contribution in [3.8, 4) is 0 Å². The summed E-state index contributed by atoms with van der Waals surface area (Å²) in [5.41, 5.74) is 0.376. The van der Waals surface area contributed by atoms with E-state index in [1.807, 2.05) is 0 Å². The van der Waals surface area contributed by atoms with Crippen LogP contribution in [0.3, 0.4) is 0 Å². The molecule has 0 aromatic heterocycles. The monoisotopic (exact) mass is 374 g/mol. The SMILES string of the molecule is CC(=O)c1cc(I)c(C(F)F)cc1Br. The summed E-state index contributed by atoms with van der Waals surface area (Å²) in [7, 11) is 0. The minimum Gasteiger partial charge on any atom is -0.294 e. The Bertz CT molecular complexity index is 379. The molecule has 0 fully saturated rings. The number of Topliss-reactive ketones (excluding diaryl/α,β-unsaturated/α-hetero) is 1. The molecule has 0 saturated carbocycles. The van der Waals surface area contributed by atoms with Gasteiger partial charge in [-0.15, -0.1) is 0 Å². The summed E-state index contributed by atoms with van der Waals surface area (Å²) in [6.45, 7) is 1.40. The first-order chi connectivity index (χ1) is 6.43. The van der Waals surface area contributed by atoms with Crippen molar-refractivity contribution in [2.45, 2.75) is 13.3 Å². The number of halogens is 4. The molecule has 0 aliphatic heterocycles. The molecule has 5 heteroatoms. The minimum absolute atomic E-state index is 0.0533. The van der Waals surface area contributed by atoms with Crippen LogP contribution < -0.4 is 0 Å². The van der Waals surface area contributed by atoms with Gasteiger partial charge >= 0.3 is 0 Å². The number of ketones is 1. The fraction of sp³-hybridized carbons (Fsp3) is 0.222. The molecule has 0 heterocycles.